The van der Waals surface area contributed by atoms with Gasteiger partial charge in [-0.1, -0.05) is 20.8 Å². The van der Waals surface area contributed by atoms with Gasteiger partial charge in [0.1, 0.15) is 0 Å². The molecule has 0 aromatic heterocycles. The van der Waals surface area contributed by atoms with Gasteiger partial charge in [-0.2, -0.15) is 0 Å². The molecule has 142 valence electrons. The molecule has 0 radical (unpaired) electrons. The van der Waals surface area contributed by atoms with Crippen molar-refractivity contribution >= 4 is 17.8 Å². The smallest absolute Gasteiger partial charge is 0.305 e. The van der Waals surface area contributed by atoms with E-state index < -0.39 is 11.5 Å². The Hall–Kier alpha value is -1.59. The quantitative estimate of drug-likeness (QED) is 0.737. The molecular formula is C19H32N2O4. The highest BCUT2D eigenvalue weighted by Gasteiger charge is 2.41. The van der Waals surface area contributed by atoms with Crippen molar-refractivity contribution in [2.24, 2.45) is 11.8 Å². The molecule has 2 N–H and O–H groups in total. The molecule has 2 aliphatic rings. The molecule has 0 aromatic carbocycles. The molecule has 1 unspecified atom stereocenters. The first-order chi connectivity index (χ1) is 11.8. The fraction of sp³-hybridized carbons (Fsp3) is 0.842. The number of carbonyl (C=O) groups excluding carboxylic acids is 2. The van der Waals surface area contributed by atoms with Crippen LogP contribution >= 0.6 is 0 Å². The summed E-state index contributed by atoms with van der Waals surface area (Å²) in [5.74, 6) is -0.664. The van der Waals surface area contributed by atoms with Crippen molar-refractivity contribution < 1.29 is 19.5 Å². The van der Waals surface area contributed by atoms with Crippen LogP contribution in [0.5, 0.6) is 0 Å². The number of amides is 2. The lowest BCUT2D eigenvalue weighted by Gasteiger charge is -2.34. The summed E-state index contributed by atoms with van der Waals surface area (Å²) in [6.45, 7) is 6.50. The van der Waals surface area contributed by atoms with Crippen molar-refractivity contribution in [3.8, 4) is 0 Å². The minimum Gasteiger partial charge on any atom is -0.481 e. The number of hydrogen-bond donors (Lipinski definition) is 2. The minimum absolute atomic E-state index is 0.0662. The van der Waals surface area contributed by atoms with Crippen molar-refractivity contribution in [3.05, 3.63) is 0 Å². The molecular weight excluding hydrogens is 320 g/mol. The fourth-order valence-electron chi connectivity index (χ4n) is 4.19. The molecule has 2 fully saturated rings. The molecule has 0 aromatic rings. The van der Waals surface area contributed by atoms with Crippen LogP contribution in [0.2, 0.25) is 0 Å². The normalized spacial score (nSPS) is 27.4. The zero-order valence-electron chi connectivity index (χ0n) is 15.7. The summed E-state index contributed by atoms with van der Waals surface area (Å²) in [5, 5.41) is 12.1. The maximum atomic E-state index is 12.7. The van der Waals surface area contributed by atoms with E-state index in [2.05, 4.69) is 12.2 Å². The van der Waals surface area contributed by atoms with E-state index in [0.717, 1.165) is 31.6 Å². The van der Waals surface area contributed by atoms with Gasteiger partial charge in [-0.05, 0) is 44.4 Å². The highest BCUT2D eigenvalue weighted by atomic mass is 16.4. The monoisotopic (exact) mass is 352 g/mol. The Labute approximate surface area is 150 Å². The Morgan fingerprint density at radius 3 is 2.32 bits per heavy atom. The lowest BCUT2D eigenvalue weighted by Crippen LogP contribution is -2.51. The average Bonchev–Trinajstić information content (AvgIpc) is 2.96. The first-order valence-corrected chi connectivity index (χ1v) is 9.63. The number of carboxylic acid groups (broad SMARTS) is 1. The number of aliphatic carboxylic acids is 1. The van der Waals surface area contributed by atoms with Crippen molar-refractivity contribution in [1.29, 1.82) is 0 Å². The number of rotatable bonds is 7. The van der Waals surface area contributed by atoms with Gasteiger partial charge >= 0.3 is 5.97 Å². The number of hydrogen-bond acceptors (Lipinski definition) is 3. The van der Waals surface area contributed by atoms with E-state index in [1.807, 2.05) is 18.7 Å². The molecule has 1 aliphatic heterocycles. The molecule has 25 heavy (non-hydrogen) atoms. The van der Waals surface area contributed by atoms with Crippen LogP contribution in [0.1, 0.15) is 72.1 Å². The molecule has 1 saturated carbocycles. The molecule has 2 rings (SSSR count). The predicted molar refractivity (Wildman–Crippen MR) is 94.9 cm³/mol. The largest absolute Gasteiger partial charge is 0.481 e. The summed E-state index contributed by atoms with van der Waals surface area (Å²) < 4.78 is 0. The van der Waals surface area contributed by atoms with Crippen molar-refractivity contribution in [2.45, 2.75) is 83.7 Å². The van der Waals surface area contributed by atoms with E-state index in [1.165, 1.54) is 0 Å². The van der Waals surface area contributed by atoms with Crippen LogP contribution in [0.25, 0.3) is 0 Å². The molecule has 0 spiro atoms. The number of nitrogens with zero attached hydrogens (tertiary/aromatic N) is 1. The molecule has 6 nitrogen and oxygen atoms in total. The van der Waals surface area contributed by atoms with E-state index in [9.17, 15) is 14.4 Å². The highest BCUT2D eigenvalue weighted by Crippen LogP contribution is 2.32. The first-order valence-electron chi connectivity index (χ1n) is 9.63. The maximum Gasteiger partial charge on any atom is 0.305 e. The zero-order valence-corrected chi connectivity index (χ0v) is 15.7. The number of nitrogens with one attached hydrogen (secondary N) is 1. The van der Waals surface area contributed by atoms with E-state index in [0.29, 0.717) is 19.4 Å². The third-order valence-electron chi connectivity index (χ3n) is 6.19. The lowest BCUT2D eigenvalue weighted by molar-refractivity contribution is -0.139. The van der Waals surface area contributed by atoms with Crippen LogP contribution in [0, 0.1) is 11.8 Å². The molecule has 1 atom stereocenters. The third kappa shape index (κ3) is 4.73. The van der Waals surface area contributed by atoms with Gasteiger partial charge in [0.2, 0.25) is 11.8 Å². The van der Waals surface area contributed by atoms with Crippen molar-refractivity contribution in [1.82, 2.24) is 10.2 Å². The van der Waals surface area contributed by atoms with Gasteiger partial charge in [-0.25, -0.2) is 0 Å². The minimum atomic E-state index is -0.913. The summed E-state index contributed by atoms with van der Waals surface area (Å²) in [6.07, 6.45) is 5.60. The second-order valence-electron chi connectivity index (χ2n) is 7.91. The second-order valence-corrected chi connectivity index (χ2v) is 7.91. The van der Waals surface area contributed by atoms with Crippen LogP contribution in [-0.4, -0.2) is 45.9 Å². The Balaban J connectivity index is 1.98. The SMILES string of the molecule is CCC(CC)(CC(=O)O)NC(=O)C1CC(=O)N(C2CCC(C)CC2)C1. The fourth-order valence-corrected chi connectivity index (χ4v) is 4.19. The Morgan fingerprint density at radius 1 is 1.20 bits per heavy atom. The van der Waals surface area contributed by atoms with Crippen LogP contribution in [0.3, 0.4) is 0 Å². The van der Waals surface area contributed by atoms with Crippen LogP contribution in [-0.2, 0) is 14.4 Å². The van der Waals surface area contributed by atoms with Gasteiger partial charge in [0.05, 0.1) is 12.3 Å². The van der Waals surface area contributed by atoms with Gasteiger partial charge in [-0.3, -0.25) is 14.4 Å². The van der Waals surface area contributed by atoms with Crippen LogP contribution < -0.4 is 5.32 Å². The summed E-state index contributed by atoms with van der Waals surface area (Å²) in [6, 6.07) is 0.266. The van der Waals surface area contributed by atoms with Gasteiger partial charge in [-0.15, -0.1) is 0 Å². The van der Waals surface area contributed by atoms with E-state index >= 15 is 0 Å². The molecule has 1 aliphatic carbocycles. The van der Waals surface area contributed by atoms with Crippen LogP contribution in [0.4, 0.5) is 0 Å². The number of carbonyl (C=O) groups is 3. The number of likely N-dealkylation sites (tertiary alicyclic amines) is 1. The Morgan fingerprint density at radius 2 is 1.80 bits per heavy atom. The van der Waals surface area contributed by atoms with E-state index in [4.69, 9.17) is 5.11 Å². The maximum absolute atomic E-state index is 12.7. The zero-order chi connectivity index (χ0) is 18.6. The summed E-state index contributed by atoms with van der Waals surface area (Å²) >= 11 is 0. The average molecular weight is 352 g/mol. The molecule has 0 bridgehead atoms. The number of carboxylic acids is 1. The Kier molecular flexibility index (Phi) is 6.47. The molecule has 6 heteroatoms. The van der Waals surface area contributed by atoms with Gasteiger partial charge < -0.3 is 15.3 Å². The predicted octanol–water partition coefficient (Wildman–Crippen LogP) is 2.56. The summed E-state index contributed by atoms with van der Waals surface area (Å²) in [5.41, 5.74) is -0.723. The van der Waals surface area contributed by atoms with Crippen molar-refractivity contribution in [2.75, 3.05) is 6.54 Å². The van der Waals surface area contributed by atoms with Crippen molar-refractivity contribution in [3.63, 3.8) is 0 Å². The van der Waals surface area contributed by atoms with E-state index in [-0.39, 0.29) is 36.6 Å². The second kappa shape index (κ2) is 8.19. The first kappa shape index (κ1) is 19.7. The van der Waals surface area contributed by atoms with E-state index in [1.54, 1.807) is 0 Å². The molecule has 1 heterocycles. The third-order valence-corrected chi connectivity index (χ3v) is 6.19. The van der Waals surface area contributed by atoms with Gasteiger partial charge in [0.15, 0.2) is 0 Å². The standard InChI is InChI=1S/C19H32N2O4/c1-4-19(5-2,11-17(23)24)20-18(25)14-10-16(22)21(12-14)15-8-6-13(3)7-9-15/h13-15H,4-12H2,1-3H3,(H,20,25)(H,23,24). The lowest BCUT2D eigenvalue weighted by atomic mass is 9.86. The summed E-state index contributed by atoms with van der Waals surface area (Å²) in [7, 11) is 0. The Bertz CT molecular complexity index is 508. The molecule has 1 saturated heterocycles. The van der Waals surface area contributed by atoms with Gasteiger partial charge in [0.25, 0.3) is 0 Å². The topological polar surface area (TPSA) is 86.7 Å². The van der Waals surface area contributed by atoms with Gasteiger partial charge in [0, 0.05) is 24.5 Å². The van der Waals surface area contributed by atoms with Crippen LogP contribution in [0.15, 0.2) is 0 Å². The molecule has 2 amide bonds. The summed E-state index contributed by atoms with van der Waals surface area (Å²) in [4.78, 5) is 38.2. The highest BCUT2D eigenvalue weighted by molar-refractivity contribution is 5.90.